The highest BCUT2D eigenvalue weighted by atomic mass is 16.3. The van der Waals surface area contributed by atoms with E-state index in [1.807, 2.05) is 36.7 Å². The van der Waals surface area contributed by atoms with Gasteiger partial charge < -0.3 is 15.1 Å². The Hall–Kier alpha value is -1.48. The van der Waals surface area contributed by atoms with Crippen LogP contribution in [0.2, 0.25) is 0 Å². The summed E-state index contributed by atoms with van der Waals surface area (Å²) in [7, 11) is 0. The quantitative estimate of drug-likeness (QED) is 0.721. The summed E-state index contributed by atoms with van der Waals surface area (Å²) in [5.74, 6) is 0.398. The van der Waals surface area contributed by atoms with E-state index >= 15 is 0 Å². The van der Waals surface area contributed by atoms with Gasteiger partial charge in [-0.05, 0) is 43.0 Å². The van der Waals surface area contributed by atoms with Crippen LogP contribution in [0.4, 0.5) is 0 Å². The molecule has 0 radical (unpaired) electrons. The van der Waals surface area contributed by atoms with Crippen molar-refractivity contribution in [3.8, 4) is 0 Å². The molecule has 0 amide bonds. The van der Waals surface area contributed by atoms with Gasteiger partial charge in [-0.3, -0.25) is 0 Å². The van der Waals surface area contributed by atoms with Crippen LogP contribution in [0.15, 0.2) is 36.7 Å². The molecule has 1 saturated carbocycles. The maximum Gasteiger partial charge on any atom is 0.112 e. The minimum Gasteiger partial charge on any atom is -0.383 e. The van der Waals surface area contributed by atoms with Crippen molar-refractivity contribution in [2.75, 3.05) is 0 Å². The molecule has 0 aliphatic heterocycles. The lowest BCUT2D eigenvalue weighted by molar-refractivity contribution is 0.00853. The van der Waals surface area contributed by atoms with Gasteiger partial charge in [0.15, 0.2) is 0 Å². The van der Waals surface area contributed by atoms with Crippen LogP contribution in [0.25, 0.3) is 0 Å². The summed E-state index contributed by atoms with van der Waals surface area (Å²) in [4.78, 5) is 6.31. The third-order valence-corrected chi connectivity index (χ3v) is 3.44. The highest BCUT2D eigenvalue weighted by molar-refractivity contribution is 5.21. The van der Waals surface area contributed by atoms with Crippen molar-refractivity contribution in [1.29, 1.82) is 0 Å². The van der Waals surface area contributed by atoms with Crippen LogP contribution in [0, 0.1) is 5.92 Å². The molecule has 1 unspecified atom stereocenters. The molecular weight excluding hydrogens is 200 g/mol. The Bertz CT molecular complexity index is 442. The largest absolute Gasteiger partial charge is 0.383 e. The van der Waals surface area contributed by atoms with E-state index in [0.29, 0.717) is 12.3 Å². The second kappa shape index (κ2) is 3.52. The van der Waals surface area contributed by atoms with E-state index in [9.17, 15) is 5.11 Å². The molecule has 1 aliphatic rings. The number of aromatic nitrogens is 2. The number of hydrogen-bond donors (Lipinski definition) is 3. The topological polar surface area (TPSA) is 51.8 Å². The second-order valence-corrected chi connectivity index (χ2v) is 4.65. The first-order chi connectivity index (χ1) is 7.79. The molecule has 0 aromatic carbocycles. The van der Waals surface area contributed by atoms with Gasteiger partial charge >= 0.3 is 0 Å². The number of aromatic amines is 2. The van der Waals surface area contributed by atoms with Gasteiger partial charge in [0.05, 0.1) is 0 Å². The molecule has 2 heterocycles. The molecule has 16 heavy (non-hydrogen) atoms. The van der Waals surface area contributed by atoms with Crippen molar-refractivity contribution in [3.05, 3.63) is 48.0 Å². The monoisotopic (exact) mass is 216 g/mol. The second-order valence-electron chi connectivity index (χ2n) is 4.65. The van der Waals surface area contributed by atoms with Gasteiger partial charge in [-0.15, -0.1) is 0 Å². The average molecular weight is 216 g/mol. The normalized spacial score (nSPS) is 19.6. The van der Waals surface area contributed by atoms with Gasteiger partial charge in [0.2, 0.25) is 0 Å². The molecule has 0 spiro atoms. The minimum atomic E-state index is -0.728. The highest BCUT2D eigenvalue weighted by Crippen LogP contribution is 2.46. The zero-order valence-electron chi connectivity index (χ0n) is 9.11. The van der Waals surface area contributed by atoms with Crippen molar-refractivity contribution in [1.82, 2.24) is 9.97 Å². The predicted octanol–water partition coefficient (Wildman–Crippen LogP) is 2.18. The molecule has 0 saturated heterocycles. The third kappa shape index (κ3) is 1.57. The molecule has 1 fully saturated rings. The molecule has 2 aromatic heterocycles. The lowest BCUT2D eigenvalue weighted by Gasteiger charge is -2.27. The predicted molar refractivity (Wildman–Crippen MR) is 61.9 cm³/mol. The summed E-state index contributed by atoms with van der Waals surface area (Å²) >= 11 is 0. The van der Waals surface area contributed by atoms with Gasteiger partial charge in [-0.2, -0.15) is 0 Å². The van der Waals surface area contributed by atoms with E-state index < -0.39 is 5.60 Å². The summed E-state index contributed by atoms with van der Waals surface area (Å²) in [5, 5.41) is 10.8. The summed E-state index contributed by atoms with van der Waals surface area (Å²) < 4.78 is 0. The Balaban J connectivity index is 1.91. The molecule has 3 rings (SSSR count). The van der Waals surface area contributed by atoms with Gasteiger partial charge in [-0.1, -0.05) is 0 Å². The summed E-state index contributed by atoms with van der Waals surface area (Å²) in [6, 6.07) is 7.91. The van der Waals surface area contributed by atoms with Crippen molar-refractivity contribution in [2.24, 2.45) is 5.92 Å². The number of nitrogens with one attached hydrogen (secondary N) is 2. The first-order valence-electron chi connectivity index (χ1n) is 5.77. The summed E-state index contributed by atoms with van der Waals surface area (Å²) in [6.45, 7) is 0. The maximum atomic E-state index is 10.8. The van der Waals surface area contributed by atoms with Crippen LogP contribution in [-0.2, 0) is 12.0 Å². The third-order valence-electron chi connectivity index (χ3n) is 3.44. The molecule has 2 aromatic rings. The van der Waals surface area contributed by atoms with Gasteiger partial charge in [0, 0.05) is 30.2 Å². The number of hydrogen-bond acceptors (Lipinski definition) is 1. The zero-order chi connectivity index (χ0) is 11.0. The molecule has 3 nitrogen and oxygen atoms in total. The van der Waals surface area contributed by atoms with Crippen molar-refractivity contribution in [3.63, 3.8) is 0 Å². The average Bonchev–Trinajstić information content (AvgIpc) is 2.81. The fourth-order valence-corrected chi connectivity index (χ4v) is 2.39. The maximum absolute atomic E-state index is 10.8. The van der Waals surface area contributed by atoms with E-state index in [2.05, 4.69) is 9.97 Å². The number of H-pyrrole nitrogens is 2. The van der Waals surface area contributed by atoms with Gasteiger partial charge in [0.25, 0.3) is 0 Å². The van der Waals surface area contributed by atoms with E-state index in [-0.39, 0.29) is 0 Å². The van der Waals surface area contributed by atoms with Crippen LogP contribution in [-0.4, -0.2) is 15.1 Å². The Morgan fingerprint density at radius 1 is 1.19 bits per heavy atom. The summed E-state index contributed by atoms with van der Waals surface area (Å²) in [6.07, 6.45) is 6.67. The number of aliphatic hydroxyl groups is 1. The Morgan fingerprint density at radius 3 is 2.50 bits per heavy atom. The van der Waals surface area contributed by atoms with Crippen LogP contribution < -0.4 is 0 Å². The minimum absolute atomic E-state index is 0.398. The zero-order valence-corrected chi connectivity index (χ0v) is 9.11. The lowest BCUT2D eigenvalue weighted by atomic mass is 9.88. The first kappa shape index (κ1) is 9.73. The smallest absolute Gasteiger partial charge is 0.112 e. The van der Waals surface area contributed by atoms with Crippen LogP contribution in [0.1, 0.15) is 24.2 Å². The SMILES string of the molecule is OC(Cc1ccc[nH]1)(c1ccc[nH]1)C1CC1. The van der Waals surface area contributed by atoms with E-state index in [1.165, 1.54) is 0 Å². The molecular formula is C13H16N2O. The van der Waals surface area contributed by atoms with E-state index in [0.717, 1.165) is 24.2 Å². The molecule has 3 heteroatoms. The van der Waals surface area contributed by atoms with Crippen LogP contribution >= 0.6 is 0 Å². The fourth-order valence-electron chi connectivity index (χ4n) is 2.39. The molecule has 0 bridgehead atoms. The van der Waals surface area contributed by atoms with E-state index in [4.69, 9.17) is 0 Å². The molecule has 3 N–H and O–H groups in total. The van der Waals surface area contributed by atoms with Crippen LogP contribution in [0.5, 0.6) is 0 Å². The van der Waals surface area contributed by atoms with Gasteiger partial charge in [0.1, 0.15) is 5.60 Å². The lowest BCUT2D eigenvalue weighted by Crippen LogP contribution is -2.31. The fraction of sp³-hybridized carbons (Fsp3) is 0.385. The Morgan fingerprint density at radius 2 is 1.94 bits per heavy atom. The summed E-state index contributed by atoms with van der Waals surface area (Å²) in [5.41, 5.74) is 1.29. The highest BCUT2D eigenvalue weighted by Gasteiger charge is 2.45. The number of rotatable bonds is 4. The van der Waals surface area contributed by atoms with Crippen LogP contribution in [0.3, 0.4) is 0 Å². The standard InChI is InChI=1S/C13H16N2O/c16-13(10-5-6-10,12-4-2-8-15-12)9-11-3-1-7-14-11/h1-4,7-8,10,14-16H,5-6,9H2. The Labute approximate surface area is 94.5 Å². The Kier molecular flexibility index (Phi) is 2.14. The van der Waals surface area contributed by atoms with Crippen molar-refractivity contribution >= 4 is 0 Å². The molecule has 84 valence electrons. The molecule has 1 atom stereocenters. The van der Waals surface area contributed by atoms with Crippen molar-refractivity contribution < 1.29 is 5.11 Å². The van der Waals surface area contributed by atoms with E-state index in [1.54, 1.807) is 0 Å². The first-order valence-corrected chi connectivity index (χ1v) is 5.77. The van der Waals surface area contributed by atoms with Crippen molar-refractivity contribution in [2.45, 2.75) is 24.9 Å². The van der Waals surface area contributed by atoms with Gasteiger partial charge in [-0.25, -0.2) is 0 Å². The molecule has 1 aliphatic carbocycles.